The van der Waals surface area contributed by atoms with Crippen molar-refractivity contribution in [1.82, 2.24) is 0 Å². The second kappa shape index (κ2) is 3.27. The molecule has 80 valence electrons. The molecule has 0 spiro atoms. The highest BCUT2D eigenvalue weighted by molar-refractivity contribution is 5.58. The maximum Gasteiger partial charge on any atom is 0.190 e. The van der Waals surface area contributed by atoms with E-state index in [0.717, 1.165) is 0 Å². The van der Waals surface area contributed by atoms with Crippen LogP contribution < -0.4 is 0 Å². The SMILES string of the molecule is CO[C@@H]1[C@H]2OC(C)(C)O[C@H]2O[C@@H]1C=O. The first-order chi connectivity index (χ1) is 6.57. The fourth-order valence-electron chi connectivity index (χ4n) is 1.88. The Hall–Kier alpha value is -0.490. The predicted octanol–water partition coefficient (Wildman–Crippen LogP) is 0.0767. The summed E-state index contributed by atoms with van der Waals surface area (Å²) in [5, 5.41) is 0. The standard InChI is InChI=1S/C9H14O5/c1-9(2)13-7-6(11-3)5(4-10)12-8(7)14-9/h4-8H,1-3H3/t5-,6+,7-,8-/m1/s1. The minimum Gasteiger partial charge on any atom is -0.375 e. The topological polar surface area (TPSA) is 54.0 Å². The summed E-state index contributed by atoms with van der Waals surface area (Å²) in [7, 11) is 1.53. The molecular weight excluding hydrogens is 188 g/mol. The van der Waals surface area contributed by atoms with Gasteiger partial charge in [-0.3, -0.25) is 0 Å². The van der Waals surface area contributed by atoms with E-state index in [2.05, 4.69) is 0 Å². The number of rotatable bonds is 2. The number of hydrogen-bond acceptors (Lipinski definition) is 5. The third-order valence-electron chi connectivity index (χ3n) is 2.43. The van der Waals surface area contributed by atoms with Gasteiger partial charge in [0.2, 0.25) is 0 Å². The minimum absolute atomic E-state index is 0.315. The lowest BCUT2D eigenvalue weighted by molar-refractivity contribution is -0.213. The summed E-state index contributed by atoms with van der Waals surface area (Å²) < 4.78 is 21.5. The quantitative estimate of drug-likeness (QED) is 0.593. The van der Waals surface area contributed by atoms with Gasteiger partial charge in [0.15, 0.2) is 18.4 Å². The van der Waals surface area contributed by atoms with E-state index in [9.17, 15) is 4.79 Å². The molecule has 5 heteroatoms. The lowest BCUT2D eigenvalue weighted by Crippen LogP contribution is -2.36. The zero-order valence-electron chi connectivity index (χ0n) is 8.43. The summed E-state index contributed by atoms with van der Waals surface area (Å²) in [6.07, 6.45) is -1.06. The summed E-state index contributed by atoms with van der Waals surface area (Å²) in [5.74, 6) is -0.667. The van der Waals surface area contributed by atoms with Crippen molar-refractivity contribution in [3.8, 4) is 0 Å². The number of fused-ring (bicyclic) bond motifs is 1. The number of hydrogen-bond donors (Lipinski definition) is 0. The summed E-state index contributed by atoms with van der Waals surface area (Å²) in [4.78, 5) is 10.7. The number of carbonyl (C=O) groups excluding carboxylic acids is 1. The van der Waals surface area contributed by atoms with Crippen molar-refractivity contribution >= 4 is 6.29 Å². The Kier molecular flexibility index (Phi) is 2.35. The van der Waals surface area contributed by atoms with E-state index in [-0.39, 0.29) is 12.2 Å². The normalized spacial score (nSPS) is 45.1. The second-order valence-corrected chi connectivity index (χ2v) is 3.91. The maximum absolute atomic E-state index is 10.7. The molecule has 2 aliphatic rings. The minimum atomic E-state index is -0.667. The van der Waals surface area contributed by atoms with Crippen LogP contribution in [0.3, 0.4) is 0 Å². The van der Waals surface area contributed by atoms with Crippen molar-refractivity contribution < 1.29 is 23.7 Å². The predicted molar refractivity (Wildman–Crippen MR) is 45.6 cm³/mol. The molecule has 2 fully saturated rings. The Morgan fingerprint density at radius 3 is 2.64 bits per heavy atom. The number of methoxy groups -OCH3 is 1. The van der Waals surface area contributed by atoms with Gasteiger partial charge in [0.1, 0.15) is 18.3 Å². The van der Waals surface area contributed by atoms with Crippen LogP contribution in [0.25, 0.3) is 0 Å². The molecule has 0 aliphatic carbocycles. The first-order valence-corrected chi connectivity index (χ1v) is 4.56. The molecule has 14 heavy (non-hydrogen) atoms. The van der Waals surface area contributed by atoms with Crippen molar-refractivity contribution in [3.63, 3.8) is 0 Å². The molecule has 0 N–H and O–H groups in total. The molecule has 0 amide bonds. The zero-order valence-corrected chi connectivity index (χ0v) is 8.43. The van der Waals surface area contributed by atoms with Gasteiger partial charge < -0.3 is 23.7 Å². The van der Waals surface area contributed by atoms with E-state index in [1.54, 1.807) is 13.8 Å². The van der Waals surface area contributed by atoms with Crippen LogP contribution in [0.2, 0.25) is 0 Å². The molecule has 4 atom stereocenters. The molecule has 2 aliphatic heterocycles. The Bertz CT molecular complexity index is 239. The van der Waals surface area contributed by atoms with Crippen molar-refractivity contribution in [2.75, 3.05) is 7.11 Å². The fraction of sp³-hybridized carbons (Fsp3) is 0.889. The van der Waals surface area contributed by atoms with Gasteiger partial charge in [-0.1, -0.05) is 0 Å². The van der Waals surface area contributed by atoms with Crippen LogP contribution in [0.4, 0.5) is 0 Å². The fourth-order valence-corrected chi connectivity index (χ4v) is 1.88. The van der Waals surface area contributed by atoms with E-state index in [0.29, 0.717) is 6.29 Å². The molecule has 2 saturated heterocycles. The molecule has 0 saturated carbocycles. The highest BCUT2D eigenvalue weighted by atomic mass is 16.8. The van der Waals surface area contributed by atoms with Crippen molar-refractivity contribution in [2.24, 2.45) is 0 Å². The molecule has 5 nitrogen and oxygen atoms in total. The second-order valence-electron chi connectivity index (χ2n) is 3.91. The van der Waals surface area contributed by atoms with Gasteiger partial charge in [0.05, 0.1) is 0 Å². The van der Waals surface area contributed by atoms with Gasteiger partial charge in [-0.2, -0.15) is 0 Å². The lowest BCUT2D eigenvalue weighted by Gasteiger charge is -2.22. The van der Waals surface area contributed by atoms with Crippen LogP contribution in [0, 0.1) is 0 Å². The molecule has 0 aromatic heterocycles. The van der Waals surface area contributed by atoms with Crippen molar-refractivity contribution in [1.29, 1.82) is 0 Å². The Morgan fingerprint density at radius 1 is 1.36 bits per heavy atom. The first kappa shape index (κ1) is 10.0. The molecule has 2 rings (SSSR count). The molecule has 0 bridgehead atoms. The van der Waals surface area contributed by atoms with Crippen molar-refractivity contribution in [3.05, 3.63) is 0 Å². The molecular formula is C9H14O5. The summed E-state index contributed by atoms with van der Waals surface area (Å²) in [5.41, 5.74) is 0. The van der Waals surface area contributed by atoms with Gasteiger partial charge in [0.25, 0.3) is 0 Å². The van der Waals surface area contributed by atoms with Gasteiger partial charge >= 0.3 is 0 Å². The van der Waals surface area contributed by atoms with Crippen LogP contribution in [-0.2, 0) is 23.7 Å². The third-order valence-corrected chi connectivity index (χ3v) is 2.43. The smallest absolute Gasteiger partial charge is 0.190 e. The zero-order chi connectivity index (χ0) is 10.3. The van der Waals surface area contributed by atoms with E-state index >= 15 is 0 Å². The third kappa shape index (κ3) is 1.46. The van der Waals surface area contributed by atoms with Crippen LogP contribution in [0.5, 0.6) is 0 Å². The van der Waals surface area contributed by atoms with Crippen LogP contribution in [-0.4, -0.2) is 43.8 Å². The number of carbonyl (C=O) groups is 1. The maximum atomic E-state index is 10.7. The molecule has 0 unspecified atom stereocenters. The first-order valence-electron chi connectivity index (χ1n) is 4.56. The molecule has 0 aromatic carbocycles. The van der Waals surface area contributed by atoms with Gasteiger partial charge in [0, 0.05) is 7.11 Å². The number of aldehydes is 1. The van der Waals surface area contributed by atoms with E-state index < -0.39 is 18.2 Å². The van der Waals surface area contributed by atoms with E-state index in [1.807, 2.05) is 0 Å². The van der Waals surface area contributed by atoms with Gasteiger partial charge in [-0.15, -0.1) is 0 Å². The average molecular weight is 202 g/mol. The lowest BCUT2D eigenvalue weighted by atomic mass is 10.1. The summed E-state index contributed by atoms with van der Waals surface area (Å²) in [6, 6.07) is 0. The van der Waals surface area contributed by atoms with Gasteiger partial charge in [-0.25, -0.2) is 0 Å². The highest BCUT2D eigenvalue weighted by Gasteiger charge is 2.55. The van der Waals surface area contributed by atoms with E-state index in [1.165, 1.54) is 7.11 Å². The van der Waals surface area contributed by atoms with Crippen molar-refractivity contribution in [2.45, 2.75) is 44.2 Å². The molecule has 0 radical (unpaired) electrons. The van der Waals surface area contributed by atoms with Crippen LogP contribution in [0.15, 0.2) is 0 Å². The monoisotopic (exact) mass is 202 g/mol. The molecule has 0 aromatic rings. The molecule has 2 heterocycles. The largest absolute Gasteiger partial charge is 0.375 e. The van der Waals surface area contributed by atoms with Crippen LogP contribution >= 0.6 is 0 Å². The van der Waals surface area contributed by atoms with Gasteiger partial charge in [-0.05, 0) is 13.8 Å². The Labute approximate surface area is 82.3 Å². The van der Waals surface area contributed by atoms with E-state index in [4.69, 9.17) is 18.9 Å². The Morgan fingerprint density at radius 2 is 2.07 bits per heavy atom. The van der Waals surface area contributed by atoms with Crippen LogP contribution in [0.1, 0.15) is 13.8 Å². The number of ether oxygens (including phenoxy) is 4. The average Bonchev–Trinajstić information content (AvgIpc) is 2.55. The highest BCUT2D eigenvalue weighted by Crippen LogP contribution is 2.37. The summed E-state index contributed by atoms with van der Waals surface area (Å²) in [6.45, 7) is 3.61. The Balaban J connectivity index is 2.13. The summed E-state index contributed by atoms with van der Waals surface area (Å²) >= 11 is 0.